The molecule has 3 nitrogen and oxygen atoms in total. The van der Waals surface area contributed by atoms with Crippen LogP contribution in [0.25, 0.3) is 0 Å². The van der Waals surface area contributed by atoms with Crippen LogP contribution in [0.3, 0.4) is 0 Å². The van der Waals surface area contributed by atoms with Gasteiger partial charge in [0.25, 0.3) is 6.29 Å². The van der Waals surface area contributed by atoms with Gasteiger partial charge in [-0.3, -0.25) is 9.59 Å². The number of ketones is 1. The van der Waals surface area contributed by atoms with Gasteiger partial charge in [0, 0.05) is 5.56 Å². The van der Waals surface area contributed by atoms with E-state index in [0.717, 1.165) is 37.0 Å². The highest BCUT2D eigenvalue weighted by atomic mass is 16.5. The van der Waals surface area contributed by atoms with Gasteiger partial charge in [-0.15, -0.1) is 0 Å². The third-order valence-electron chi connectivity index (χ3n) is 3.65. The molecule has 0 amide bonds. The molecule has 0 fully saturated rings. The van der Waals surface area contributed by atoms with Crippen molar-refractivity contribution in [1.82, 2.24) is 0 Å². The number of carbonyl (C=O) groups excluding carboxylic acids is 2. The summed E-state index contributed by atoms with van der Waals surface area (Å²) in [6.07, 6.45) is 6.10. The highest BCUT2D eigenvalue weighted by Gasteiger charge is 2.24. The molecule has 21 heavy (non-hydrogen) atoms. The van der Waals surface area contributed by atoms with Gasteiger partial charge in [0.1, 0.15) is 5.75 Å². The Kier molecular flexibility index (Phi) is 7.73. The fourth-order valence-electron chi connectivity index (χ4n) is 2.51. The Morgan fingerprint density at radius 2 is 1.81 bits per heavy atom. The number of rotatable bonds is 10. The van der Waals surface area contributed by atoms with E-state index in [1.807, 2.05) is 31.2 Å². The van der Waals surface area contributed by atoms with E-state index in [4.69, 9.17) is 4.74 Å². The largest absolute Gasteiger partial charge is 0.490 e. The molecule has 2 unspecified atom stereocenters. The minimum Gasteiger partial charge on any atom is -0.490 e. The maximum Gasteiger partial charge on any atom is 0.272 e. The van der Waals surface area contributed by atoms with Crippen LogP contribution in [0.2, 0.25) is 0 Å². The van der Waals surface area contributed by atoms with Crippen LogP contribution in [0, 0.1) is 0 Å². The molecule has 0 aliphatic heterocycles. The number of benzene rings is 1. The smallest absolute Gasteiger partial charge is 0.272 e. The average molecular weight is 289 g/mol. The van der Waals surface area contributed by atoms with E-state index in [1.54, 1.807) is 0 Å². The second-order valence-corrected chi connectivity index (χ2v) is 5.28. The van der Waals surface area contributed by atoms with E-state index < -0.39 is 11.7 Å². The van der Waals surface area contributed by atoms with E-state index in [9.17, 15) is 9.59 Å². The molecular weight excluding hydrogens is 264 g/mol. The second kappa shape index (κ2) is 9.32. The summed E-state index contributed by atoms with van der Waals surface area (Å²) in [7, 11) is 0. The summed E-state index contributed by atoms with van der Waals surface area (Å²) in [5, 5.41) is 0. The SMILES string of the molecule is CCCC(CC)Oc1ccccc1C(CCC)C(=O)[C]=O. The first-order valence-electron chi connectivity index (χ1n) is 7.85. The molecule has 3 heteroatoms. The van der Waals surface area contributed by atoms with Crippen molar-refractivity contribution >= 4 is 12.1 Å². The quantitative estimate of drug-likeness (QED) is 0.606. The van der Waals surface area contributed by atoms with Crippen molar-refractivity contribution < 1.29 is 14.3 Å². The van der Waals surface area contributed by atoms with Crippen molar-refractivity contribution in [3.63, 3.8) is 0 Å². The molecule has 0 aliphatic carbocycles. The maximum atomic E-state index is 11.9. The molecule has 0 spiro atoms. The molecule has 0 aliphatic rings. The Morgan fingerprint density at radius 3 is 2.38 bits per heavy atom. The van der Waals surface area contributed by atoms with Crippen molar-refractivity contribution in [2.24, 2.45) is 0 Å². The van der Waals surface area contributed by atoms with Crippen LogP contribution >= 0.6 is 0 Å². The lowest BCUT2D eigenvalue weighted by Gasteiger charge is -2.22. The first-order chi connectivity index (χ1) is 10.2. The standard InChI is InChI=1S/C18H25O3/c1-4-9-14(6-3)21-18-12-8-7-11-16(18)15(10-5-2)17(20)13-19/h7-8,11-12,14-15H,4-6,9-10H2,1-3H3. The first kappa shape index (κ1) is 17.4. The number of hydrogen-bond acceptors (Lipinski definition) is 3. The molecule has 1 aromatic carbocycles. The van der Waals surface area contributed by atoms with Crippen LogP contribution in [-0.4, -0.2) is 18.2 Å². The molecule has 1 radical (unpaired) electrons. The van der Waals surface area contributed by atoms with Crippen LogP contribution in [0.1, 0.15) is 64.4 Å². The molecule has 0 heterocycles. The van der Waals surface area contributed by atoms with Crippen molar-refractivity contribution in [2.45, 2.75) is 64.9 Å². The van der Waals surface area contributed by atoms with Crippen LogP contribution in [-0.2, 0) is 9.59 Å². The molecular formula is C18H25O3. The minimum absolute atomic E-state index is 0.147. The van der Waals surface area contributed by atoms with E-state index >= 15 is 0 Å². The summed E-state index contributed by atoms with van der Waals surface area (Å²) in [4.78, 5) is 22.6. The summed E-state index contributed by atoms with van der Waals surface area (Å²) < 4.78 is 6.08. The molecule has 0 saturated carbocycles. The molecule has 0 bridgehead atoms. The number of ether oxygens (including phenoxy) is 1. The Hall–Kier alpha value is -1.64. The summed E-state index contributed by atoms with van der Waals surface area (Å²) >= 11 is 0. The molecule has 0 saturated heterocycles. The van der Waals surface area contributed by atoms with Crippen LogP contribution in [0.15, 0.2) is 24.3 Å². The molecule has 1 aromatic rings. The highest BCUT2D eigenvalue weighted by Crippen LogP contribution is 2.31. The predicted molar refractivity (Wildman–Crippen MR) is 84.4 cm³/mol. The van der Waals surface area contributed by atoms with Gasteiger partial charge < -0.3 is 4.74 Å². The van der Waals surface area contributed by atoms with Gasteiger partial charge in [0.05, 0.1) is 12.0 Å². The third kappa shape index (κ3) is 5.00. The Labute approximate surface area is 127 Å². The summed E-state index contributed by atoms with van der Waals surface area (Å²) in [6, 6.07) is 7.54. The predicted octanol–water partition coefficient (Wildman–Crippen LogP) is 4.21. The molecule has 115 valence electrons. The van der Waals surface area contributed by atoms with Gasteiger partial charge in [0.2, 0.25) is 5.78 Å². The van der Waals surface area contributed by atoms with E-state index in [-0.39, 0.29) is 6.10 Å². The normalized spacial score (nSPS) is 13.5. The van der Waals surface area contributed by atoms with Crippen molar-refractivity contribution in [1.29, 1.82) is 0 Å². The lowest BCUT2D eigenvalue weighted by molar-refractivity contribution is -0.114. The fourth-order valence-corrected chi connectivity index (χ4v) is 2.51. The van der Waals surface area contributed by atoms with E-state index in [0.29, 0.717) is 6.42 Å². The number of hydrogen-bond donors (Lipinski definition) is 0. The van der Waals surface area contributed by atoms with Gasteiger partial charge in [-0.25, -0.2) is 0 Å². The zero-order valence-electron chi connectivity index (χ0n) is 13.2. The van der Waals surface area contributed by atoms with Crippen LogP contribution in [0.5, 0.6) is 5.75 Å². The lowest BCUT2D eigenvalue weighted by Crippen LogP contribution is -2.19. The molecule has 0 aromatic heterocycles. The zero-order valence-corrected chi connectivity index (χ0v) is 13.2. The molecule has 2 atom stereocenters. The average Bonchev–Trinajstić information content (AvgIpc) is 2.52. The van der Waals surface area contributed by atoms with Crippen molar-refractivity contribution in [3.8, 4) is 5.75 Å². The minimum atomic E-state index is -0.489. The topological polar surface area (TPSA) is 43.4 Å². The molecule has 1 rings (SSSR count). The highest BCUT2D eigenvalue weighted by molar-refractivity contribution is 6.28. The van der Waals surface area contributed by atoms with Crippen molar-refractivity contribution in [2.75, 3.05) is 0 Å². The summed E-state index contributed by atoms with van der Waals surface area (Å²) in [5.41, 5.74) is 0.808. The molecule has 0 N–H and O–H groups in total. The van der Waals surface area contributed by atoms with Crippen LogP contribution < -0.4 is 4.74 Å². The van der Waals surface area contributed by atoms with E-state index in [1.165, 1.54) is 6.29 Å². The summed E-state index contributed by atoms with van der Waals surface area (Å²) in [6.45, 7) is 6.22. The zero-order chi connectivity index (χ0) is 15.7. The van der Waals surface area contributed by atoms with E-state index in [2.05, 4.69) is 13.8 Å². The monoisotopic (exact) mass is 289 g/mol. The van der Waals surface area contributed by atoms with Crippen LogP contribution in [0.4, 0.5) is 0 Å². The van der Waals surface area contributed by atoms with Gasteiger partial charge in [-0.2, -0.15) is 0 Å². The number of carbonyl (C=O) groups is 1. The second-order valence-electron chi connectivity index (χ2n) is 5.28. The Morgan fingerprint density at radius 1 is 1.14 bits per heavy atom. The first-order valence-corrected chi connectivity index (χ1v) is 7.85. The Balaban J connectivity index is 3.05. The summed E-state index contributed by atoms with van der Waals surface area (Å²) in [5.74, 6) is -0.209. The number of para-hydroxylation sites is 1. The third-order valence-corrected chi connectivity index (χ3v) is 3.65. The fraction of sp³-hybridized carbons (Fsp3) is 0.556. The van der Waals surface area contributed by atoms with Crippen molar-refractivity contribution in [3.05, 3.63) is 29.8 Å². The number of Topliss-reactive ketones (excluding diaryl/α,β-unsaturated/α-hetero) is 1. The van der Waals surface area contributed by atoms with Gasteiger partial charge >= 0.3 is 0 Å². The maximum absolute atomic E-state index is 11.9. The van der Waals surface area contributed by atoms with Gasteiger partial charge in [0.15, 0.2) is 0 Å². The van der Waals surface area contributed by atoms with Gasteiger partial charge in [-0.1, -0.05) is 51.8 Å². The Bertz CT molecular complexity index is 454. The van der Waals surface area contributed by atoms with Gasteiger partial charge in [-0.05, 0) is 25.3 Å². The lowest BCUT2D eigenvalue weighted by atomic mass is 9.90.